The van der Waals surface area contributed by atoms with Crippen molar-refractivity contribution in [3.63, 3.8) is 0 Å². The van der Waals surface area contributed by atoms with Gasteiger partial charge in [-0.3, -0.25) is 10.3 Å². The normalized spacial score (nSPS) is 21.6. The molecule has 0 saturated heterocycles. The summed E-state index contributed by atoms with van der Waals surface area (Å²) in [6, 6.07) is 5.70. The van der Waals surface area contributed by atoms with Crippen LogP contribution in [0.15, 0.2) is 30.0 Å². The van der Waals surface area contributed by atoms with Gasteiger partial charge in [0.05, 0.1) is 19.7 Å². The zero-order valence-corrected chi connectivity index (χ0v) is 9.55. The van der Waals surface area contributed by atoms with Crippen LogP contribution in [0.2, 0.25) is 0 Å². The van der Waals surface area contributed by atoms with Gasteiger partial charge in [0, 0.05) is 11.4 Å². The van der Waals surface area contributed by atoms with E-state index in [4.69, 9.17) is 10.5 Å². The van der Waals surface area contributed by atoms with Gasteiger partial charge in [0.25, 0.3) is 0 Å². The van der Waals surface area contributed by atoms with Crippen LogP contribution in [0.1, 0.15) is 11.6 Å². The summed E-state index contributed by atoms with van der Waals surface area (Å²) in [4.78, 5) is 0. The molecule has 1 heterocycles. The zero-order chi connectivity index (χ0) is 12.0. The van der Waals surface area contributed by atoms with Crippen molar-refractivity contribution in [3.8, 4) is 0 Å². The molecule has 1 aliphatic heterocycles. The fraction of sp³-hybridized carbons (Fsp3) is 0.231. The maximum Gasteiger partial charge on any atom is 0.117 e. The average Bonchev–Trinajstić information content (AvgIpc) is 2.33. The second-order valence-electron chi connectivity index (χ2n) is 4.29. The summed E-state index contributed by atoms with van der Waals surface area (Å²) >= 11 is 0. The van der Waals surface area contributed by atoms with Crippen molar-refractivity contribution < 1.29 is 9.94 Å². The molecule has 4 heteroatoms. The first kappa shape index (κ1) is 10.4. The van der Waals surface area contributed by atoms with Crippen molar-refractivity contribution in [3.05, 3.63) is 46.0 Å². The molecule has 3 N–H and O–H groups in total. The predicted molar refractivity (Wildman–Crippen MR) is 64.1 cm³/mol. The Morgan fingerprint density at radius 2 is 2.29 bits per heavy atom. The van der Waals surface area contributed by atoms with E-state index in [9.17, 15) is 5.21 Å². The van der Waals surface area contributed by atoms with Crippen molar-refractivity contribution in [2.24, 2.45) is 5.73 Å². The van der Waals surface area contributed by atoms with Crippen LogP contribution >= 0.6 is 0 Å². The molecule has 1 atom stereocenters. The molecule has 2 aliphatic rings. The Balaban J connectivity index is 2.39. The molecule has 0 radical (unpaired) electrons. The van der Waals surface area contributed by atoms with Crippen molar-refractivity contribution in [2.45, 2.75) is 6.04 Å². The Kier molecular flexibility index (Phi) is 2.21. The summed E-state index contributed by atoms with van der Waals surface area (Å²) in [6.45, 7) is 0.462. The maximum atomic E-state index is 9.65. The lowest BCUT2D eigenvalue weighted by molar-refractivity contribution is -0.00757. The summed E-state index contributed by atoms with van der Waals surface area (Å²) in [6.07, 6.45) is 3.65. The Hall–Kier alpha value is -1.78. The Morgan fingerprint density at radius 1 is 1.47 bits per heavy atom. The molecule has 0 spiro atoms. The molecule has 1 aromatic rings. The van der Waals surface area contributed by atoms with Crippen LogP contribution < -0.4 is 16.2 Å². The lowest BCUT2D eigenvalue weighted by Crippen LogP contribution is -2.43. The van der Waals surface area contributed by atoms with Gasteiger partial charge in [-0.15, -0.1) is 0 Å². The highest BCUT2D eigenvalue weighted by Crippen LogP contribution is 2.23. The van der Waals surface area contributed by atoms with Crippen molar-refractivity contribution >= 4 is 11.8 Å². The molecule has 3 rings (SSSR count). The average molecular weight is 230 g/mol. The van der Waals surface area contributed by atoms with Gasteiger partial charge in [0.2, 0.25) is 0 Å². The monoisotopic (exact) mass is 230 g/mol. The molecule has 88 valence electrons. The highest BCUT2D eigenvalue weighted by molar-refractivity contribution is 5.66. The molecule has 0 aromatic heterocycles. The maximum absolute atomic E-state index is 9.65. The lowest BCUT2D eigenvalue weighted by atomic mass is 9.91. The van der Waals surface area contributed by atoms with E-state index in [2.05, 4.69) is 0 Å². The summed E-state index contributed by atoms with van der Waals surface area (Å²) in [5.41, 5.74) is 8.25. The van der Waals surface area contributed by atoms with Gasteiger partial charge < -0.3 is 10.5 Å². The smallest absolute Gasteiger partial charge is 0.117 e. The Labute approximate surface area is 98.9 Å². The number of methoxy groups -OCH3 is 1. The van der Waals surface area contributed by atoms with Crippen LogP contribution in [0.3, 0.4) is 0 Å². The van der Waals surface area contributed by atoms with Crippen LogP contribution in [-0.4, -0.2) is 23.9 Å². The first-order chi connectivity index (χ1) is 8.20. The molecular formula is C13H14N2O2. The summed E-state index contributed by atoms with van der Waals surface area (Å²) in [5.74, 6) is 0.736. The molecule has 1 aliphatic carbocycles. The summed E-state index contributed by atoms with van der Waals surface area (Å²) in [7, 11) is 1.62. The number of nitrogens with zero attached hydrogens (tertiary/aromatic N) is 1. The van der Waals surface area contributed by atoms with Gasteiger partial charge in [-0.25, -0.2) is 0 Å². The molecule has 0 bridgehead atoms. The van der Waals surface area contributed by atoms with Gasteiger partial charge >= 0.3 is 0 Å². The Morgan fingerprint density at radius 3 is 3.06 bits per heavy atom. The van der Waals surface area contributed by atoms with E-state index >= 15 is 0 Å². The van der Waals surface area contributed by atoms with Gasteiger partial charge in [-0.1, -0.05) is 18.2 Å². The van der Waals surface area contributed by atoms with Crippen LogP contribution in [0.4, 0.5) is 0 Å². The molecule has 0 saturated carbocycles. The number of ether oxygens (including phenoxy) is 1. The quantitative estimate of drug-likeness (QED) is 0.703. The van der Waals surface area contributed by atoms with Crippen LogP contribution in [0.5, 0.6) is 0 Å². The van der Waals surface area contributed by atoms with Gasteiger partial charge in [-0.05, 0) is 22.4 Å². The molecular weight excluding hydrogens is 216 g/mol. The highest BCUT2D eigenvalue weighted by atomic mass is 16.5. The first-order valence-corrected chi connectivity index (χ1v) is 5.51. The van der Waals surface area contributed by atoms with Crippen molar-refractivity contribution in [1.29, 1.82) is 0 Å². The highest BCUT2D eigenvalue weighted by Gasteiger charge is 2.23. The van der Waals surface area contributed by atoms with E-state index in [0.29, 0.717) is 6.54 Å². The van der Waals surface area contributed by atoms with Gasteiger partial charge in [0.15, 0.2) is 0 Å². The van der Waals surface area contributed by atoms with E-state index < -0.39 is 0 Å². The molecule has 0 amide bonds. The third kappa shape index (κ3) is 1.45. The lowest BCUT2D eigenvalue weighted by Gasteiger charge is -2.26. The van der Waals surface area contributed by atoms with Crippen LogP contribution in [-0.2, 0) is 4.74 Å². The minimum atomic E-state index is -0.225. The third-order valence-electron chi connectivity index (χ3n) is 3.26. The van der Waals surface area contributed by atoms with E-state index in [1.807, 2.05) is 24.3 Å². The van der Waals surface area contributed by atoms with E-state index in [1.165, 1.54) is 5.06 Å². The molecule has 0 fully saturated rings. The topological polar surface area (TPSA) is 58.7 Å². The molecule has 1 unspecified atom stereocenters. The number of rotatable bonds is 1. The molecule has 4 nitrogen and oxygen atoms in total. The Bertz CT molecular complexity index is 619. The fourth-order valence-electron chi connectivity index (χ4n) is 2.50. The summed E-state index contributed by atoms with van der Waals surface area (Å²) in [5, 5.41) is 13.0. The molecule has 17 heavy (non-hydrogen) atoms. The van der Waals surface area contributed by atoms with Crippen molar-refractivity contribution in [2.75, 3.05) is 13.7 Å². The number of hydroxylamine groups is 2. The minimum absolute atomic E-state index is 0.225. The minimum Gasteiger partial charge on any atom is -0.499 e. The number of nitrogens with two attached hydrogens (primary N) is 1. The third-order valence-corrected chi connectivity index (χ3v) is 3.26. The predicted octanol–water partition coefficient (Wildman–Crippen LogP) is -0.176. The first-order valence-electron chi connectivity index (χ1n) is 5.51. The van der Waals surface area contributed by atoms with Crippen LogP contribution in [0, 0.1) is 0 Å². The zero-order valence-electron chi connectivity index (χ0n) is 9.55. The number of hydrogen-bond acceptors (Lipinski definition) is 4. The largest absolute Gasteiger partial charge is 0.499 e. The summed E-state index contributed by atoms with van der Waals surface area (Å²) < 4.78 is 5.30. The van der Waals surface area contributed by atoms with E-state index in [0.717, 1.165) is 27.3 Å². The van der Waals surface area contributed by atoms with Crippen molar-refractivity contribution in [1.82, 2.24) is 5.06 Å². The van der Waals surface area contributed by atoms with Crippen LogP contribution in [0.25, 0.3) is 11.8 Å². The second kappa shape index (κ2) is 3.61. The fourth-order valence-corrected chi connectivity index (χ4v) is 2.50. The van der Waals surface area contributed by atoms with Gasteiger partial charge in [-0.2, -0.15) is 0 Å². The second-order valence-corrected chi connectivity index (χ2v) is 4.29. The molecule has 1 aromatic carbocycles. The number of benzene rings is 1. The van der Waals surface area contributed by atoms with E-state index in [1.54, 1.807) is 13.3 Å². The number of hydrogen-bond donors (Lipinski definition) is 2. The van der Waals surface area contributed by atoms with Gasteiger partial charge in [0.1, 0.15) is 5.76 Å². The van der Waals surface area contributed by atoms with E-state index in [-0.39, 0.29) is 6.04 Å². The SMILES string of the molecule is COC1=CC2=c3c(cccc3=CN(O)C2)C1N. The standard InChI is InChI=1S/C13H14N2O2/c1-17-11-5-9-7-15(16)6-8-3-2-4-10(12(8)9)13(11)14/h2-6,13,16H,7,14H2,1H3.